The number of carboxylic acids is 1. The number of alkyl halides is 6. The van der Waals surface area contributed by atoms with Gasteiger partial charge in [0.25, 0.3) is 5.91 Å². The molecule has 0 radical (unpaired) electrons. The predicted molar refractivity (Wildman–Crippen MR) is 474 cm³/mol. The van der Waals surface area contributed by atoms with Crippen molar-refractivity contribution in [2.45, 2.75) is 152 Å². The third-order valence-corrected chi connectivity index (χ3v) is 24.9. The quantitative estimate of drug-likeness (QED) is 0.0330. The van der Waals surface area contributed by atoms with Crippen molar-refractivity contribution in [1.29, 1.82) is 0 Å². The van der Waals surface area contributed by atoms with Gasteiger partial charge in [-0.1, -0.05) is 59.2 Å². The normalized spacial score (nSPS) is 17.0. The molecule has 9 aromatic rings. The fourth-order valence-corrected chi connectivity index (χ4v) is 16.6. The van der Waals surface area contributed by atoms with E-state index in [1.54, 1.807) is 0 Å². The van der Waals surface area contributed by atoms with Crippen LogP contribution in [0.3, 0.4) is 0 Å². The number of aliphatic hydroxyl groups excluding tert-OH is 2. The molecular weight excluding hydrogens is 1890 g/mol. The van der Waals surface area contributed by atoms with E-state index >= 15 is 0 Å². The van der Waals surface area contributed by atoms with Crippen LogP contribution >= 0.6 is 62.3 Å². The summed E-state index contributed by atoms with van der Waals surface area (Å²) >= 11 is 26.8. The zero-order valence-electron chi connectivity index (χ0n) is 70.9. The van der Waals surface area contributed by atoms with Crippen molar-refractivity contribution in [2.75, 3.05) is 93.0 Å². The number of hydrogen-bond donors (Lipinski definition) is 5. The SMILES string of the molecule is COC(=O)c1cc(Cl)c(O)cc1F.COC(=O)c1cc(Cl)c(OC[C@H]2CCCN2c2ccc(C)nc2)cc1F.Cc1ccc(N2CCC[C@@H]2COc2cc(F)c(C(=O)NS(=O)(=O)C3CC3)cc2Cl)cn1.Cc1ccc(N2CCC[C@@H]2COc2cc(F)c(C(=O)O)cc2Cl)cn1.FC(F)(F)c1ccc(Br)cn1.OCC1CCCC1.OC[C@H]1CCCN1c1ccc(C(F)(F)F)nc1. The number of halogens is 15. The van der Waals surface area contributed by atoms with Crippen LogP contribution in [0.5, 0.6) is 23.0 Å². The Hall–Kier alpha value is -10.3. The number of ether oxygens (including phenoxy) is 5. The number of nitrogens with one attached hydrogen (secondary N) is 1. The first-order valence-corrected chi connectivity index (χ1v) is 44.8. The first-order valence-electron chi connectivity index (χ1n) is 41.0. The number of hydrogen-bond acceptors (Lipinski definition) is 23. The summed E-state index contributed by atoms with van der Waals surface area (Å²) in [5.41, 5.74) is 3.38. The van der Waals surface area contributed by atoms with E-state index in [1.807, 2.05) is 85.4 Å². The molecule has 0 unspecified atom stereocenters. The number of benzene rings is 4. The zero-order chi connectivity index (χ0) is 94.9. The molecule has 4 atom stereocenters. The summed E-state index contributed by atoms with van der Waals surface area (Å²) in [5, 5.41) is 35.2. The van der Waals surface area contributed by atoms with Gasteiger partial charge in [0, 0.05) is 84.8 Å². The Balaban J connectivity index is 0.000000178. The number of carboxylic acid groups (broad SMARTS) is 1. The molecule has 5 N–H and O–H groups in total. The zero-order valence-corrected chi connectivity index (χ0v) is 76.3. The van der Waals surface area contributed by atoms with E-state index in [0.29, 0.717) is 48.7 Å². The van der Waals surface area contributed by atoms with Crippen LogP contribution < -0.4 is 38.5 Å². The van der Waals surface area contributed by atoms with Crippen LogP contribution in [0.4, 0.5) is 66.7 Å². The van der Waals surface area contributed by atoms with E-state index in [2.05, 4.69) is 65.0 Å². The highest BCUT2D eigenvalue weighted by Gasteiger charge is 2.39. The van der Waals surface area contributed by atoms with Crippen molar-refractivity contribution in [3.05, 3.63) is 239 Å². The summed E-state index contributed by atoms with van der Waals surface area (Å²) in [6, 6.07) is 25.3. The van der Waals surface area contributed by atoms with Gasteiger partial charge < -0.3 is 63.7 Å². The molecule has 4 aromatic carbocycles. The lowest BCUT2D eigenvalue weighted by Crippen LogP contribution is -2.34. The van der Waals surface area contributed by atoms with Gasteiger partial charge in [0.1, 0.15) is 77.5 Å². The molecule has 41 heteroatoms. The van der Waals surface area contributed by atoms with Gasteiger partial charge in [-0.15, -0.1) is 0 Å². The highest BCUT2D eigenvalue weighted by molar-refractivity contribution is 9.10. The summed E-state index contributed by atoms with van der Waals surface area (Å²) in [6.07, 6.45) is 13.0. The molecule has 2 aliphatic carbocycles. The monoisotopic (exact) mass is 1980 g/mol. The Kier molecular flexibility index (Phi) is 38.4. The molecule has 6 fully saturated rings. The average Bonchev–Trinajstić information content (AvgIpc) is 1.58. The molecule has 6 aliphatic rings. The summed E-state index contributed by atoms with van der Waals surface area (Å²) in [4.78, 5) is 73.7. The van der Waals surface area contributed by atoms with E-state index in [-0.39, 0.29) is 85.8 Å². The molecule has 5 aromatic heterocycles. The third-order valence-electron chi connectivity index (χ3n) is 21.4. The van der Waals surface area contributed by atoms with E-state index in [0.717, 1.165) is 180 Å². The number of aromatic carboxylic acids is 1. The van der Waals surface area contributed by atoms with Crippen LogP contribution in [-0.2, 0) is 31.8 Å². The molecule has 2 saturated carbocycles. The van der Waals surface area contributed by atoms with Crippen LogP contribution in [0.1, 0.15) is 160 Å². The summed E-state index contributed by atoms with van der Waals surface area (Å²) in [6.45, 7) is 10.7. The number of aliphatic hydroxyl groups is 2. The predicted octanol–water partition coefficient (Wildman–Crippen LogP) is 19.5. The number of amides is 1. The van der Waals surface area contributed by atoms with Gasteiger partial charge in [-0.05, 0) is 205 Å². The van der Waals surface area contributed by atoms with E-state index < -0.39 is 103 Å². The Morgan fingerprint density at radius 1 is 0.454 bits per heavy atom. The molecule has 130 heavy (non-hydrogen) atoms. The van der Waals surface area contributed by atoms with Crippen molar-refractivity contribution in [3.8, 4) is 23.0 Å². The minimum atomic E-state index is -4.40. The van der Waals surface area contributed by atoms with Gasteiger partial charge in [-0.2, -0.15) is 26.3 Å². The molecule has 15 rings (SSSR count). The minimum absolute atomic E-state index is 0.00598. The second-order valence-corrected chi connectivity index (χ2v) is 35.2. The Morgan fingerprint density at radius 3 is 1.14 bits per heavy atom. The third kappa shape index (κ3) is 29.9. The van der Waals surface area contributed by atoms with Crippen molar-refractivity contribution < 1.29 is 116 Å². The van der Waals surface area contributed by atoms with Crippen molar-refractivity contribution in [1.82, 2.24) is 29.6 Å². The fourth-order valence-electron chi connectivity index (χ4n) is 14.3. The highest BCUT2D eigenvalue weighted by atomic mass is 79.9. The van der Waals surface area contributed by atoms with Crippen LogP contribution in [0, 0.1) is 50.0 Å². The van der Waals surface area contributed by atoms with Crippen LogP contribution in [0.2, 0.25) is 20.1 Å². The van der Waals surface area contributed by atoms with Crippen molar-refractivity contribution in [2.24, 2.45) is 5.92 Å². The number of phenolic OH excluding ortho intramolecular Hbond substituents is 1. The molecular formula is C89H95BrCl4F10N10O15S. The Labute approximate surface area is 772 Å². The number of nitrogens with zero attached hydrogens (tertiary/aromatic N) is 9. The number of anilines is 4. The van der Waals surface area contributed by atoms with E-state index in [4.69, 9.17) is 81.0 Å². The van der Waals surface area contributed by atoms with E-state index in [1.165, 1.54) is 57.2 Å². The maximum Gasteiger partial charge on any atom is 0.433 e. The topological polar surface area (TPSA) is 319 Å². The second-order valence-electron chi connectivity index (χ2n) is 30.7. The number of pyridine rings is 5. The number of aromatic hydroxyl groups is 1. The first-order chi connectivity index (χ1) is 61.7. The lowest BCUT2D eigenvalue weighted by Gasteiger charge is -2.26. The maximum atomic E-state index is 14.5. The minimum Gasteiger partial charge on any atom is -0.506 e. The Bertz CT molecular complexity index is 5400. The van der Waals surface area contributed by atoms with Gasteiger partial charge in [-0.25, -0.2) is 50.1 Å². The number of carbonyl (C=O) groups is 4. The number of phenols is 1. The van der Waals surface area contributed by atoms with Crippen LogP contribution in [0.25, 0.3) is 0 Å². The number of rotatable bonds is 21. The van der Waals surface area contributed by atoms with Crippen LogP contribution in [0.15, 0.2) is 145 Å². The lowest BCUT2D eigenvalue weighted by molar-refractivity contribution is -0.141. The highest BCUT2D eigenvalue weighted by Crippen LogP contribution is 2.38. The van der Waals surface area contributed by atoms with Crippen LogP contribution in [-0.4, -0.2) is 180 Å². The van der Waals surface area contributed by atoms with Gasteiger partial charge in [0.2, 0.25) is 10.0 Å². The van der Waals surface area contributed by atoms with Gasteiger partial charge in [0.15, 0.2) is 0 Å². The number of sulfonamides is 1. The standard InChI is InChI=1S/C21H23ClFN3O4S.C19H20ClFN2O3.C18H18ClFN2O3.C11H13F3N2O.C8H6ClFO3.C6H3BrF3N.C6H12O/c1-13-4-5-14(11-24-13)26-8-2-3-15(26)12-30-20-10-19(23)17(9-18(20)22)21(27)25-31(28,29)16-6-7-16;1-12-5-6-13(10-22-12)23-7-3-4-14(23)11-26-18-9-17(21)15(8-16(18)20)19(24)25-2;1-11-4-5-12(9-21-11)22-6-2-3-13(22)10-25-17-8-16(20)14(18(23)24)7-15(17)19;12-11(13,14)10-4-3-8(6-15-10)16-5-1-2-9(16)7-17;1-13-8(12)4-2-5(9)7(11)3-6(4)10;7-4-1-2-5(11-3-4)6(8,9)10;7-5-6-3-1-2-4-6/h4-5,9-11,15-16H,2-3,6-8,12H2,1H3,(H,25,27);5-6,8-10,14H,3-4,7,11H2,1-2H3;4-5,7-9,13H,2-3,6,10H2,1H3,(H,23,24);3-4,6,9,17H,1-2,5,7H2;2-3,11H,1H3;1-3H;6-7H,1-5H2/t15-;14-;13-;9-;;;/m1111.../s1. The number of aryl methyl sites for hydroxylation is 3. The smallest absolute Gasteiger partial charge is 0.433 e. The molecule has 4 aliphatic heterocycles. The Morgan fingerprint density at radius 2 is 0.800 bits per heavy atom. The number of methoxy groups -OCH3 is 2. The molecule has 4 saturated heterocycles. The van der Waals surface area contributed by atoms with Gasteiger partial charge in [0.05, 0.1) is 140 Å². The largest absolute Gasteiger partial charge is 0.506 e. The molecule has 25 nitrogen and oxygen atoms in total. The first kappa shape index (κ1) is 103. The van der Waals surface area contributed by atoms with E-state index in [9.17, 15) is 71.5 Å². The number of esters is 2. The molecule has 9 heterocycles. The van der Waals surface area contributed by atoms with Crippen molar-refractivity contribution >= 4 is 119 Å². The van der Waals surface area contributed by atoms with Crippen molar-refractivity contribution in [3.63, 3.8) is 0 Å². The fraction of sp³-hybridized carbons (Fsp3) is 0.404. The number of aromatic nitrogens is 5. The number of carbonyl (C=O) groups excluding carboxylic acids is 3. The molecule has 0 spiro atoms. The molecule has 1 amide bonds. The summed E-state index contributed by atoms with van der Waals surface area (Å²) < 4.78 is 180. The average molecular weight is 1990 g/mol. The second kappa shape index (κ2) is 48.2. The maximum absolute atomic E-state index is 14.5. The molecule has 0 bridgehead atoms. The lowest BCUT2D eigenvalue weighted by atomic mass is 10.1. The summed E-state index contributed by atoms with van der Waals surface area (Å²) in [7, 11) is -1.47. The van der Waals surface area contributed by atoms with Gasteiger partial charge >= 0.3 is 30.3 Å². The summed E-state index contributed by atoms with van der Waals surface area (Å²) in [5.74, 6) is -6.64. The molecule has 702 valence electrons. The van der Waals surface area contributed by atoms with Gasteiger partial charge in [-0.3, -0.25) is 24.7 Å².